The number of hydrogen-bond acceptors (Lipinski definition) is 1. The van der Waals surface area contributed by atoms with Crippen LogP contribution in [0.3, 0.4) is 0 Å². The van der Waals surface area contributed by atoms with Crippen LogP contribution in [0.2, 0.25) is 10.0 Å². The molecule has 0 saturated carbocycles. The molecule has 1 N–H and O–H groups in total. The van der Waals surface area contributed by atoms with Crippen molar-refractivity contribution in [1.29, 1.82) is 0 Å². The average Bonchev–Trinajstić information content (AvgIpc) is 2.31. The number of aliphatic hydroxyl groups excluding tert-OH is 1. The van der Waals surface area contributed by atoms with Crippen molar-refractivity contribution >= 4 is 39.1 Å². The maximum absolute atomic E-state index is 13.0. The Morgan fingerprint density at radius 2 is 1.74 bits per heavy atom. The van der Waals surface area contributed by atoms with Gasteiger partial charge in [0, 0.05) is 20.9 Å². The second kappa shape index (κ2) is 6.23. The lowest BCUT2D eigenvalue weighted by atomic mass is 10.0. The fraction of sp³-hybridized carbons (Fsp3) is 0.143. The standard InChI is InChI=1S/C14H10BrCl2FO/c15-13-7-12(18)2-1-8(13)5-14(19)9-3-10(16)6-11(17)4-9/h1-4,6-7,14,19H,5H2. The lowest BCUT2D eigenvalue weighted by Gasteiger charge is -2.13. The predicted molar refractivity (Wildman–Crippen MR) is 79.2 cm³/mol. The third-order valence-corrected chi connectivity index (χ3v) is 3.87. The summed E-state index contributed by atoms with van der Waals surface area (Å²) in [5, 5.41) is 11.1. The molecule has 0 aliphatic heterocycles. The van der Waals surface area contributed by atoms with Gasteiger partial charge in [0.05, 0.1) is 6.10 Å². The van der Waals surface area contributed by atoms with Gasteiger partial charge in [-0.15, -0.1) is 0 Å². The highest BCUT2D eigenvalue weighted by molar-refractivity contribution is 9.10. The SMILES string of the molecule is OC(Cc1ccc(F)cc1Br)c1cc(Cl)cc(Cl)c1. The van der Waals surface area contributed by atoms with Crippen molar-refractivity contribution < 1.29 is 9.50 Å². The minimum atomic E-state index is -0.752. The van der Waals surface area contributed by atoms with Gasteiger partial charge in [-0.2, -0.15) is 0 Å². The van der Waals surface area contributed by atoms with E-state index < -0.39 is 6.10 Å². The van der Waals surface area contributed by atoms with Crippen LogP contribution < -0.4 is 0 Å². The van der Waals surface area contributed by atoms with Crippen molar-refractivity contribution in [3.63, 3.8) is 0 Å². The van der Waals surface area contributed by atoms with Gasteiger partial charge in [0.1, 0.15) is 5.82 Å². The molecule has 0 radical (unpaired) electrons. The van der Waals surface area contributed by atoms with Gasteiger partial charge in [-0.25, -0.2) is 4.39 Å². The van der Waals surface area contributed by atoms with Crippen molar-refractivity contribution in [2.75, 3.05) is 0 Å². The van der Waals surface area contributed by atoms with Crippen molar-refractivity contribution in [2.45, 2.75) is 12.5 Å². The van der Waals surface area contributed by atoms with E-state index in [1.807, 2.05) is 0 Å². The monoisotopic (exact) mass is 362 g/mol. The summed E-state index contributed by atoms with van der Waals surface area (Å²) in [5.74, 6) is -0.323. The van der Waals surface area contributed by atoms with E-state index in [1.54, 1.807) is 24.3 Å². The Balaban J connectivity index is 2.22. The number of aliphatic hydroxyl groups is 1. The molecule has 1 atom stereocenters. The summed E-state index contributed by atoms with van der Waals surface area (Å²) in [5.41, 5.74) is 1.44. The van der Waals surface area contributed by atoms with E-state index >= 15 is 0 Å². The first-order chi connectivity index (χ1) is 8.95. The molecule has 1 nitrogen and oxygen atoms in total. The molecule has 5 heteroatoms. The van der Waals surface area contributed by atoms with Crippen LogP contribution >= 0.6 is 39.1 Å². The zero-order valence-corrected chi connectivity index (χ0v) is 12.8. The highest BCUT2D eigenvalue weighted by atomic mass is 79.9. The van der Waals surface area contributed by atoms with Crippen LogP contribution in [-0.2, 0) is 6.42 Å². The third kappa shape index (κ3) is 3.93. The summed E-state index contributed by atoms with van der Waals surface area (Å²) in [6.07, 6.45) is -0.407. The van der Waals surface area contributed by atoms with E-state index in [-0.39, 0.29) is 5.82 Å². The highest BCUT2D eigenvalue weighted by Gasteiger charge is 2.12. The summed E-state index contributed by atoms with van der Waals surface area (Å²) in [6, 6.07) is 9.29. The molecule has 0 bridgehead atoms. The molecular formula is C14H10BrCl2FO. The van der Waals surface area contributed by atoms with E-state index in [9.17, 15) is 9.50 Å². The summed E-state index contributed by atoms with van der Waals surface area (Å²) in [6.45, 7) is 0. The van der Waals surface area contributed by atoms with Crippen molar-refractivity contribution in [1.82, 2.24) is 0 Å². The molecule has 2 rings (SSSR count). The molecule has 0 heterocycles. The Morgan fingerprint density at radius 1 is 1.11 bits per heavy atom. The number of rotatable bonds is 3. The van der Waals surface area contributed by atoms with Crippen LogP contribution in [0.25, 0.3) is 0 Å². The van der Waals surface area contributed by atoms with E-state index in [1.165, 1.54) is 12.1 Å². The third-order valence-electron chi connectivity index (χ3n) is 2.70. The molecule has 0 aromatic heterocycles. The topological polar surface area (TPSA) is 20.2 Å². The first-order valence-corrected chi connectivity index (χ1v) is 7.08. The van der Waals surface area contributed by atoms with Gasteiger partial charge in [0.15, 0.2) is 0 Å². The average molecular weight is 364 g/mol. The molecule has 0 spiro atoms. The van der Waals surface area contributed by atoms with Crippen LogP contribution in [0.1, 0.15) is 17.2 Å². The smallest absolute Gasteiger partial charge is 0.124 e. The molecule has 19 heavy (non-hydrogen) atoms. The van der Waals surface area contributed by atoms with Gasteiger partial charge >= 0.3 is 0 Å². The van der Waals surface area contributed by atoms with Crippen LogP contribution in [-0.4, -0.2) is 5.11 Å². The molecule has 0 fully saturated rings. The summed E-state index contributed by atoms with van der Waals surface area (Å²) in [4.78, 5) is 0. The largest absolute Gasteiger partial charge is 0.388 e. The number of halogens is 4. The van der Waals surface area contributed by atoms with E-state index in [0.29, 0.717) is 26.5 Å². The van der Waals surface area contributed by atoms with Crippen LogP contribution in [0.15, 0.2) is 40.9 Å². The fourth-order valence-electron chi connectivity index (χ4n) is 1.78. The van der Waals surface area contributed by atoms with Gasteiger partial charge in [-0.3, -0.25) is 0 Å². The molecule has 100 valence electrons. The zero-order valence-electron chi connectivity index (χ0n) is 9.71. The van der Waals surface area contributed by atoms with Crippen LogP contribution in [0.5, 0.6) is 0 Å². The van der Waals surface area contributed by atoms with Gasteiger partial charge in [-0.1, -0.05) is 45.2 Å². The van der Waals surface area contributed by atoms with E-state index in [0.717, 1.165) is 5.56 Å². The predicted octanol–water partition coefficient (Wildman–Crippen LogP) is 5.17. The van der Waals surface area contributed by atoms with Gasteiger partial charge in [-0.05, 0) is 41.5 Å². The second-order valence-electron chi connectivity index (χ2n) is 4.16. The maximum Gasteiger partial charge on any atom is 0.124 e. The molecule has 0 aliphatic carbocycles. The lowest BCUT2D eigenvalue weighted by Crippen LogP contribution is -2.02. The van der Waals surface area contributed by atoms with Crippen molar-refractivity contribution in [3.05, 3.63) is 67.9 Å². The Kier molecular flexibility index (Phi) is 4.85. The first-order valence-electron chi connectivity index (χ1n) is 5.53. The molecule has 0 aliphatic rings. The molecule has 2 aromatic rings. The molecule has 0 saturated heterocycles. The molecular weight excluding hydrogens is 354 g/mol. The van der Waals surface area contributed by atoms with E-state index in [2.05, 4.69) is 15.9 Å². The van der Waals surface area contributed by atoms with Crippen LogP contribution in [0, 0.1) is 5.82 Å². The summed E-state index contributed by atoms with van der Waals surface area (Å²) in [7, 11) is 0. The minimum Gasteiger partial charge on any atom is -0.388 e. The highest BCUT2D eigenvalue weighted by Crippen LogP contribution is 2.28. The quantitative estimate of drug-likeness (QED) is 0.797. The molecule has 0 amide bonds. The number of hydrogen-bond donors (Lipinski definition) is 1. The molecule has 1 unspecified atom stereocenters. The number of benzene rings is 2. The normalized spacial score (nSPS) is 12.5. The Hall–Kier alpha value is -0.610. The Morgan fingerprint density at radius 3 is 2.32 bits per heavy atom. The van der Waals surface area contributed by atoms with E-state index in [4.69, 9.17) is 23.2 Å². The minimum absolute atomic E-state index is 0.323. The van der Waals surface area contributed by atoms with Gasteiger partial charge in [0.25, 0.3) is 0 Å². The second-order valence-corrected chi connectivity index (χ2v) is 5.89. The van der Waals surface area contributed by atoms with Gasteiger partial charge < -0.3 is 5.11 Å². The first kappa shape index (κ1) is 14.8. The van der Waals surface area contributed by atoms with Gasteiger partial charge in [0.2, 0.25) is 0 Å². The van der Waals surface area contributed by atoms with Crippen molar-refractivity contribution in [2.24, 2.45) is 0 Å². The van der Waals surface area contributed by atoms with Crippen LogP contribution in [0.4, 0.5) is 4.39 Å². The summed E-state index contributed by atoms with van der Waals surface area (Å²) < 4.78 is 13.6. The van der Waals surface area contributed by atoms with Crippen molar-refractivity contribution in [3.8, 4) is 0 Å². The lowest BCUT2D eigenvalue weighted by molar-refractivity contribution is 0.178. The fourth-order valence-corrected chi connectivity index (χ4v) is 2.84. The zero-order chi connectivity index (χ0) is 14.0. The maximum atomic E-state index is 13.0. The Labute approximate surface area is 129 Å². The Bertz CT molecular complexity index is 584. The summed E-state index contributed by atoms with van der Waals surface area (Å²) >= 11 is 15.1. The molecule has 2 aromatic carbocycles.